The summed E-state index contributed by atoms with van der Waals surface area (Å²) in [6, 6.07) is 6.85. The Morgan fingerprint density at radius 3 is 2.17 bits per heavy atom. The van der Waals surface area contributed by atoms with E-state index in [-0.39, 0.29) is 68.9 Å². The van der Waals surface area contributed by atoms with Crippen LogP contribution in [-0.2, 0) is 11.3 Å². The molecular formula is C32H38F4N4O6. The third-order valence-electron chi connectivity index (χ3n) is 9.90. The summed E-state index contributed by atoms with van der Waals surface area (Å²) < 4.78 is 55.3. The number of carboxylic acid groups (broad SMARTS) is 1. The lowest BCUT2D eigenvalue weighted by Crippen LogP contribution is -2.62. The van der Waals surface area contributed by atoms with Crippen molar-refractivity contribution in [1.29, 1.82) is 0 Å². The average molecular weight is 651 g/mol. The number of piperidine rings is 1. The summed E-state index contributed by atoms with van der Waals surface area (Å²) >= 11 is 0. The molecule has 3 amide bonds. The number of aliphatic hydroxyl groups is 1. The van der Waals surface area contributed by atoms with Crippen LogP contribution in [0.4, 0.5) is 22.4 Å². The van der Waals surface area contributed by atoms with E-state index in [2.05, 4.69) is 0 Å². The van der Waals surface area contributed by atoms with Crippen molar-refractivity contribution >= 4 is 17.9 Å². The van der Waals surface area contributed by atoms with E-state index >= 15 is 0 Å². The van der Waals surface area contributed by atoms with Gasteiger partial charge in [0, 0.05) is 74.0 Å². The number of alkyl halides is 3. The third-order valence-corrected chi connectivity index (χ3v) is 9.90. The highest BCUT2D eigenvalue weighted by molar-refractivity contribution is 6.00. The Morgan fingerprint density at radius 1 is 0.935 bits per heavy atom. The number of aromatic nitrogens is 1. The molecule has 3 fully saturated rings. The molecule has 2 aromatic rings. The van der Waals surface area contributed by atoms with Gasteiger partial charge >= 0.3 is 12.3 Å². The number of halogens is 4. The van der Waals surface area contributed by atoms with E-state index in [1.54, 1.807) is 6.07 Å². The van der Waals surface area contributed by atoms with Gasteiger partial charge in [0.1, 0.15) is 5.82 Å². The number of pyridine rings is 1. The number of rotatable bonds is 6. The Morgan fingerprint density at radius 2 is 1.57 bits per heavy atom. The Kier molecular flexibility index (Phi) is 9.22. The van der Waals surface area contributed by atoms with E-state index in [9.17, 15) is 47.0 Å². The quantitative estimate of drug-likeness (QED) is 0.452. The number of likely N-dealkylation sites (tertiary alicyclic amines) is 1. The van der Waals surface area contributed by atoms with Crippen molar-refractivity contribution in [3.63, 3.8) is 0 Å². The van der Waals surface area contributed by atoms with Crippen molar-refractivity contribution in [2.75, 3.05) is 39.3 Å². The summed E-state index contributed by atoms with van der Waals surface area (Å²) in [4.78, 5) is 55.9. The maximum absolute atomic E-state index is 15.0. The van der Waals surface area contributed by atoms with E-state index in [1.807, 2.05) is 0 Å². The van der Waals surface area contributed by atoms with Gasteiger partial charge in [-0.1, -0.05) is 38.0 Å². The molecule has 3 heterocycles. The first-order chi connectivity index (χ1) is 21.6. The zero-order chi connectivity index (χ0) is 33.4. The van der Waals surface area contributed by atoms with Gasteiger partial charge in [0.15, 0.2) is 0 Å². The molecule has 2 N–H and O–H groups in total. The summed E-state index contributed by atoms with van der Waals surface area (Å²) in [6.07, 6.45) is -3.06. The molecule has 1 aromatic carbocycles. The van der Waals surface area contributed by atoms with Crippen LogP contribution in [0.1, 0.15) is 55.8 Å². The zero-order valence-electron chi connectivity index (χ0n) is 25.6. The lowest BCUT2D eigenvalue weighted by atomic mass is 9.65. The third kappa shape index (κ3) is 6.62. The van der Waals surface area contributed by atoms with Crippen LogP contribution in [-0.4, -0.2) is 98.4 Å². The van der Waals surface area contributed by atoms with Crippen LogP contribution in [0.2, 0.25) is 0 Å². The monoisotopic (exact) mass is 650 g/mol. The number of carbonyl (C=O) groups excluding carboxylic acids is 2. The minimum absolute atomic E-state index is 0.000976. The molecule has 46 heavy (non-hydrogen) atoms. The van der Waals surface area contributed by atoms with Gasteiger partial charge in [-0.3, -0.25) is 14.4 Å². The molecule has 1 aliphatic carbocycles. The normalized spacial score (nSPS) is 22.3. The SMILES string of the molecule is CC(CC(F)(F)F)C(=O)N1CC[C@@](O)(Cn2cc(C(=O)N3CCN(C(=O)O)CC3)c(-c3ccccc3F)cc2=O)C2(CCCC2)C1. The van der Waals surface area contributed by atoms with E-state index in [1.165, 1.54) is 50.6 Å². The second-order valence-electron chi connectivity index (χ2n) is 12.9. The minimum atomic E-state index is -4.49. The van der Waals surface area contributed by atoms with Gasteiger partial charge in [-0.2, -0.15) is 13.2 Å². The second-order valence-corrected chi connectivity index (χ2v) is 12.9. The topological polar surface area (TPSA) is 123 Å². The van der Waals surface area contributed by atoms with Gasteiger partial charge in [-0.15, -0.1) is 0 Å². The molecule has 10 nitrogen and oxygen atoms in total. The van der Waals surface area contributed by atoms with E-state index in [4.69, 9.17) is 0 Å². The highest BCUT2D eigenvalue weighted by Crippen LogP contribution is 2.52. The average Bonchev–Trinajstić information content (AvgIpc) is 3.48. The first-order valence-corrected chi connectivity index (χ1v) is 15.5. The number of hydrogen-bond acceptors (Lipinski definition) is 5. The van der Waals surface area contributed by atoms with Crippen molar-refractivity contribution in [1.82, 2.24) is 19.3 Å². The lowest BCUT2D eigenvalue weighted by molar-refractivity contribution is -0.172. The molecule has 5 rings (SSSR count). The maximum atomic E-state index is 15.0. The van der Waals surface area contributed by atoms with Gasteiger partial charge in [0.05, 0.1) is 24.1 Å². The first kappa shape index (κ1) is 33.4. The van der Waals surface area contributed by atoms with Crippen LogP contribution in [0.3, 0.4) is 0 Å². The number of nitrogens with zero attached hydrogens (tertiary/aromatic N) is 4. The molecule has 250 valence electrons. The molecule has 14 heteroatoms. The van der Waals surface area contributed by atoms with Gasteiger partial charge < -0.3 is 29.5 Å². The first-order valence-electron chi connectivity index (χ1n) is 15.5. The highest BCUT2D eigenvalue weighted by Gasteiger charge is 2.56. The molecule has 0 radical (unpaired) electrons. The Balaban J connectivity index is 1.47. The smallest absolute Gasteiger partial charge is 0.407 e. The van der Waals surface area contributed by atoms with Gasteiger partial charge in [-0.25, -0.2) is 9.18 Å². The maximum Gasteiger partial charge on any atom is 0.407 e. The lowest BCUT2D eigenvalue weighted by Gasteiger charge is -2.52. The zero-order valence-corrected chi connectivity index (χ0v) is 25.6. The summed E-state index contributed by atoms with van der Waals surface area (Å²) in [5.41, 5.74) is -2.89. The van der Waals surface area contributed by atoms with Crippen LogP contribution >= 0.6 is 0 Å². The van der Waals surface area contributed by atoms with E-state index < -0.39 is 58.8 Å². The molecule has 2 aliphatic heterocycles. The van der Waals surface area contributed by atoms with E-state index in [0.717, 1.165) is 18.9 Å². The Hall–Kier alpha value is -3.94. The van der Waals surface area contributed by atoms with Crippen LogP contribution in [0.5, 0.6) is 0 Å². The summed E-state index contributed by atoms with van der Waals surface area (Å²) in [6.45, 7) is 1.39. The van der Waals surface area contributed by atoms with Gasteiger partial charge in [0.25, 0.3) is 11.5 Å². The van der Waals surface area contributed by atoms with Crippen LogP contribution in [0.15, 0.2) is 41.3 Å². The molecule has 2 saturated heterocycles. The number of hydrogen-bond donors (Lipinski definition) is 2. The molecule has 1 spiro atoms. The Bertz CT molecular complexity index is 1550. The second kappa shape index (κ2) is 12.7. The summed E-state index contributed by atoms with van der Waals surface area (Å²) in [5, 5.41) is 21.5. The predicted molar refractivity (Wildman–Crippen MR) is 158 cm³/mol. The molecule has 2 atom stereocenters. The number of carbonyl (C=O) groups is 3. The van der Waals surface area contributed by atoms with Crippen molar-refractivity contribution in [3.8, 4) is 11.1 Å². The number of amides is 3. The van der Waals surface area contributed by atoms with Crippen LogP contribution in [0.25, 0.3) is 11.1 Å². The molecule has 1 saturated carbocycles. The standard InChI is InChI=1S/C32H38F4N4O6/c1-21(17-32(34,35)36)27(42)39-11-10-31(46,30(19-39)8-4-5-9-30)20-40-18-24(28(43)37-12-14-38(15-13-37)29(44)45)23(16-26(40)41)22-6-2-3-7-25(22)33/h2-3,6-7,16,18,21,46H,4-5,8-15,17,19-20H2,1H3,(H,44,45)/t21?,31-/m1/s1. The van der Waals surface area contributed by atoms with Crippen LogP contribution in [0, 0.1) is 17.2 Å². The molecule has 1 aromatic heterocycles. The van der Waals surface area contributed by atoms with Crippen molar-refractivity contribution in [2.24, 2.45) is 11.3 Å². The van der Waals surface area contributed by atoms with Crippen molar-refractivity contribution in [2.45, 2.75) is 63.8 Å². The van der Waals surface area contributed by atoms with Gasteiger partial charge in [0.2, 0.25) is 5.91 Å². The predicted octanol–water partition coefficient (Wildman–Crippen LogP) is 4.20. The number of piperazine rings is 1. The summed E-state index contributed by atoms with van der Waals surface area (Å²) in [7, 11) is 0. The largest absolute Gasteiger partial charge is 0.465 e. The molecule has 1 unspecified atom stereocenters. The summed E-state index contributed by atoms with van der Waals surface area (Å²) in [5.74, 6) is -3.08. The van der Waals surface area contributed by atoms with Crippen molar-refractivity contribution < 1.29 is 42.2 Å². The van der Waals surface area contributed by atoms with Crippen LogP contribution < -0.4 is 5.56 Å². The minimum Gasteiger partial charge on any atom is -0.465 e. The van der Waals surface area contributed by atoms with Gasteiger partial charge in [-0.05, 0) is 25.3 Å². The molecular weight excluding hydrogens is 612 g/mol. The molecule has 0 bridgehead atoms. The Labute approximate surface area is 263 Å². The fourth-order valence-electron chi connectivity index (χ4n) is 7.36. The molecule has 3 aliphatic rings. The fraction of sp³-hybridized carbons (Fsp3) is 0.562. The highest BCUT2D eigenvalue weighted by atomic mass is 19.4. The van der Waals surface area contributed by atoms with Crippen molar-refractivity contribution in [3.05, 3.63) is 58.3 Å². The van der Waals surface area contributed by atoms with E-state index in [0.29, 0.717) is 12.8 Å². The number of benzene rings is 1. The fourth-order valence-corrected chi connectivity index (χ4v) is 7.36.